The van der Waals surface area contributed by atoms with E-state index in [1.165, 1.54) is 0 Å². The van der Waals surface area contributed by atoms with Crippen molar-refractivity contribution in [2.75, 3.05) is 19.8 Å². The van der Waals surface area contributed by atoms with Crippen molar-refractivity contribution >= 4 is 15.7 Å². The zero-order chi connectivity index (χ0) is 18.8. The number of rotatable bonds is 7. The lowest BCUT2D eigenvalue weighted by molar-refractivity contribution is -0.388. The normalized spacial score (nSPS) is 16.5. The van der Waals surface area contributed by atoms with Crippen LogP contribution in [-0.4, -0.2) is 38.6 Å². The standard InChI is InChI=1S/C15H23N3O6S/c1-10(2)8-15(3,9-16)17-25(21,22)14-7-13-12(23-4-5-24-13)6-11(14)18(19)20/h6-7,10,17H,4-5,8-9,16H2,1-3H3. The third-order valence-electron chi connectivity index (χ3n) is 3.80. The number of ether oxygens (including phenoxy) is 2. The molecule has 1 unspecified atom stereocenters. The summed E-state index contributed by atoms with van der Waals surface area (Å²) in [5, 5.41) is 11.4. The van der Waals surface area contributed by atoms with E-state index in [4.69, 9.17) is 15.2 Å². The van der Waals surface area contributed by atoms with Gasteiger partial charge in [0.1, 0.15) is 13.2 Å². The van der Waals surface area contributed by atoms with Gasteiger partial charge in [-0.25, -0.2) is 13.1 Å². The van der Waals surface area contributed by atoms with Gasteiger partial charge in [0, 0.05) is 18.2 Å². The first-order valence-corrected chi connectivity index (χ1v) is 9.38. The average molecular weight is 373 g/mol. The maximum absolute atomic E-state index is 12.8. The number of nitro groups is 1. The Morgan fingerprint density at radius 2 is 1.88 bits per heavy atom. The summed E-state index contributed by atoms with van der Waals surface area (Å²) in [6.07, 6.45) is 0.487. The lowest BCUT2D eigenvalue weighted by Crippen LogP contribution is -2.52. The Bertz CT molecular complexity index is 765. The number of hydrogen-bond donors (Lipinski definition) is 2. The van der Waals surface area contributed by atoms with Crippen molar-refractivity contribution in [2.24, 2.45) is 11.7 Å². The molecule has 2 rings (SSSR count). The molecule has 0 aliphatic carbocycles. The first-order chi connectivity index (χ1) is 11.6. The molecule has 0 radical (unpaired) electrons. The number of nitrogens with two attached hydrogens (primary N) is 1. The molecule has 0 saturated heterocycles. The minimum absolute atomic E-state index is 0.0583. The fourth-order valence-corrected chi connectivity index (χ4v) is 4.46. The van der Waals surface area contributed by atoms with Gasteiger partial charge in [-0.1, -0.05) is 13.8 Å². The minimum atomic E-state index is -4.19. The van der Waals surface area contributed by atoms with Crippen LogP contribution in [0.2, 0.25) is 0 Å². The molecule has 10 heteroatoms. The quantitative estimate of drug-likeness (QED) is 0.545. The Morgan fingerprint density at radius 3 is 2.36 bits per heavy atom. The summed E-state index contributed by atoms with van der Waals surface area (Å²) in [4.78, 5) is 10.1. The van der Waals surface area contributed by atoms with Gasteiger partial charge in [0.25, 0.3) is 5.69 Å². The van der Waals surface area contributed by atoms with Crippen molar-refractivity contribution < 1.29 is 22.8 Å². The van der Waals surface area contributed by atoms with Crippen LogP contribution in [0, 0.1) is 16.0 Å². The molecule has 25 heavy (non-hydrogen) atoms. The van der Waals surface area contributed by atoms with Crippen LogP contribution in [0.5, 0.6) is 11.5 Å². The summed E-state index contributed by atoms with van der Waals surface area (Å²) < 4.78 is 38.8. The highest BCUT2D eigenvalue weighted by Crippen LogP contribution is 2.39. The molecular formula is C15H23N3O6S. The number of nitrogens with zero attached hydrogens (tertiary/aromatic N) is 1. The maximum Gasteiger partial charge on any atom is 0.293 e. The van der Waals surface area contributed by atoms with Crippen LogP contribution in [0.25, 0.3) is 0 Å². The Labute approximate surface area is 146 Å². The van der Waals surface area contributed by atoms with E-state index in [2.05, 4.69) is 4.72 Å². The summed E-state index contributed by atoms with van der Waals surface area (Å²) in [6.45, 7) is 6.10. The topological polar surface area (TPSA) is 134 Å². The van der Waals surface area contributed by atoms with Gasteiger partial charge in [-0.05, 0) is 19.3 Å². The van der Waals surface area contributed by atoms with Crippen molar-refractivity contribution in [1.82, 2.24) is 4.72 Å². The van der Waals surface area contributed by atoms with Gasteiger partial charge >= 0.3 is 0 Å². The summed E-state index contributed by atoms with van der Waals surface area (Å²) in [5.74, 6) is 0.503. The molecule has 0 aromatic heterocycles. The van der Waals surface area contributed by atoms with Gasteiger partial charge in [0.2, 0.25) is 10.0 Å². The van der Waals surface area contributed by atoms with Gasteiger partial charge in [0.05, 0.1) is 11.0 Å². The van der Waals surface area contributed by atoms with Gasteiger partial charge in [-0.15, -0.1) is 0 Å². The first-order valence-electron chi connectivity index (χ1n) is 7.90. The van der Waals surface area contributed by atoms with E-state index < -0.39 is 31.1 Å². The molecule has 1 aromatic rings. The second kappa shape index (κ2) is 7.14. The second-order valence-corrected chi connectivity index (χ2v) is 8.34. The highest BCUT2D eigenvalue weighted by atomic mass is 32.2. The van der Waals surface area contributed by atoms with Gasteiger partial charge in [0.15, 0.2) is 16.4 Å². The molecule has 140 valence electrons. The fourth-order valence-electron chi connectivity index (χ4n) is 2.86. The second-order valence-electron chi connectivity index (χ2n) is 6.69. The molecule has 0 amide bonds. The number of nitro benzene ring substituents is 1. The van der Waals surface area contributed by atoms with E-state index in [0.717, 1.165) is 12.1 Å². The molecular weight excluding hydrogens is 350 g/mol. The summed E-state index contributed by atoms with van der Waals surface area (Å²) in [5.41, 5.74) is 4.25. The smallest absolute Gasteiger partial charge is 0.293 e. The Balaban J connectivity index is 2.49. The third kappa shape index (κ3) is 4.39. The van der Waals surface area contributed by atoms with Crippen molar-refractivity contribution in [3.8, 4) is 11.5 Å². The van der Waals surface area contributed by atoms with Crippen LogP contribution in [0.1, 0.15) is 27.2 Å². The minimum Gasteiger partial charge on any atom is -0.486 e. The van der Waals surface area contributed by atoms with E-state index in [-0.39, 0.29) is 37.2 Å². The molecule has 1 heterocycles. The van der Waals surface area contributed by atoms with Crippen molar-refractivity contribution in [1.29, 1.82) is 0 Å². The molecule has 1 atom stereocenters. The number of benzene rings is 1. The molecule has 9 nitrogen and oxygen atoms in total. The fraction of sp³-hybridized carbons (Fsp3) is 0.600. The van der Waals surface area contributed by atoms with E-state index in [1.54, 1.807) is 6.92 Å². The molecule has 1 aromatic carbocycles. The number of fused-ring (bicyclic) bond motifs is 1. The van der Waals surface area contributed by atoms with Crippen LogP contribution in [0.3, 0.4) is 0 Å². The van der Waals surface area contributed by atoms with Gasteiger partial charge in [-0.2, -0.15) is 0 Å². The maximum atomic E-state index is 12.8. The number of nitrogens with one attached hydrogen (secondary N) is 1. The van der Waals surface area contributed by atoms with E-state index in [9.17, 15) is 18.5 Å². The summed E-state index contributed by atoms with van der Waals surface area (Å²) in [7, 11) is -4.19. The molecule has 0 spiro atoms. The van der Waals surface area contributed by atoms with Crippen molar-refractivity contribution in [3.05, 3.63) is 22.2 Å². The SMILES string of the molecule is CC(C)CC(C)(CN)NS(=O)(=O)c1cc2c(cc1[N+](=O)[O-])OCCO2. The highest BCUT2D eigenvalue weighted by molar-refractivity contribution is 7.89. The Hall–Kier alpha value is -1.91. The van der Waals surface area contributed by atoms with Crippen LogP contribution < -0.4 is 19.9 Å². The van der Waals surface area contributed by atoms with Gasteiger partial charge < -0.3 is 15.2 Å². The monoisotopic (exact) mass is 373 g/mol. The van der Waals surface area contributed by atoms with E-state index in [1.807, 2.05) is 13.8 Å². The third-order valence-corrected chi connectivity index (χ3v) is 5.47. The molecule has 1 aliphatic heterocycles. The number of hydrogen-bond acceptors (Lipinski definition) is 7. The average Bonchev–Trinajstić information content (AvgIpc) is 2.52. The molecule has 0 saturated carbocycles. The largest absolute Gasteiger partial charge is 0.486 e. The molecule has 3 N–H and O–H groups in total. The van der Waals surface area contributed by atoms with Crippen LogP contribution in [0.4, 0.5) is 5.69 Å². The predicted molar refractivity (Wildman–Crippen MR) is 91.3 cm³/mol. The molecule has 0 bridgehead atoms. The highest BCUT2D eigenvalue weighted by Gasteiger charge is 2.35. The summed E-state index contributed by atoms with van der Waals surface area (Å²) >= 11 is 0. The van der Waals surface area contributed by atoms with Crippen LogP contribution >= 0.6 is 0 Å². The van der Waals surface area contributed by atoms with Crippen LogP contribution in [0.15, 0.2) is 17.0 Å². The lowest BCUT2D eigenvalue weighted by Gasteiger charge is -2.30. The number of sulfonamides is 1. The summed E-state index contributed by atoms with van der Waals surface area (Å²) in [6, 6.07) is 2.20. The Kier molecular flexibility index (Phi) is 5.55. The van der Waals surface area contributed by atoms with E-state index >= 15 is 0 Å². The predicted octanol–water partition coefficient (Wildman–Crippen LogP) is 1.41. The zero-order valence-corrected chi connectivity index (χ0v) is 15.3. The molecule has 1 aliphatic rings. The van der Waals surface area contributed by atoms with Crippen molar-refractivity contribution in [2.45, 2.75) is 37.6 Å². The Morgan fingerprint density at radius 1 is 1.32 bits per heavy atom. The molecule has 0 fully saturated rings. The van der Waals surface area contributed by atoms with Crippen LogP contribution in [-0.2, 0) is 10.0 Å². The zero-order valence-electron chi connectivity index (χ0n) is 14.4. The first kappa shape index (κ1) is 19.4. The van der Waals surface area contributed by atoms with E-state index in [0.29, 0.717) is 6.42 Å². The van der Waals surface area contributed by atoms with Crippen molar-refractivity contribution in [3.63, 3.8) is 0 Å². The van der Waals surface area contributed by atoms with Gasteiger partial charge in [-0.3, -0.25) is 10.1 Å². The lowest BCUT2D eigenvalue weighted by atomic mass is 9.92.